The molecule has 0 aromatic heterocycles. The second-order valence-corrected chi connectivity index (χ2v) is 11.8. The standard InChI is InChI=1S/C21H24ClN3O4S2/c1-11(2)21-14-10-18(30-17-6-4-3-5-16(17)25(26)27)20(22)19(14)13-9-12(31(23,28)29)7-8-15(13)24-21/h3-9,11,14,18-21,24H,10H2,1-2H3,(H2,23,28,29)/t14-,18+,19-,20-,21+/m1/s1. The first-order valence-corrected chi connectivity index (χ1v) is 12.9. The van der Waals surface area contributed by atoms with Crippen LogP contribution in [0.5, 0.6) is 0 Å². The van der Waals surface area contributed by atoms with Gasteiger partial charge in [0, 0.05) is 29.0 Å². The van der Waals surface area contributed by atoms with E-state index in [4.69, 9.17) is 16.7 Å². The molecule has 0 unspecified atom stereocenters. The maximum Gasteiger partial charge on any atom is 0.282 e. The van der Waals surface area contributed by atoms with Crippen LogP contribution in [0.25, 0.3) is 0 Å². The van der Waals surface area contributed by atoms with Crippen LogP contribution in [-0.2, 0) is 10.0 Å². The second kappa shape index (κ2) is 8.27. The van der Waals surface area contributed by atoms with Crippen LogP contribution >= 0.6 is 23.4 Å². The van der Waals surface area contributed by atoms with Gasteiger partial charge in [0.1, 0.15) is 0 Å². The fourth-order valence-electron chi connectivity index (χ4n) is 4.84. The zero-order valence-electron chi connectivity index (χ0n) is 17.1. The maximum absolute atomic E-state index is 11.9. The number of halogens is 1. The van der Waals surface area contributed by atoms with Crippen molar-refractivity contribution in [1.82, 2.24) is 0 Å². The molecule has 2 aliphatic rings. The van der Waals surface area contributed by atoms with Crippen molar-refractivity contribution >= 4 is 44.8 Å². The number of nitrogens with one attached hydrogen (secondary N) is 1. The number of para-hydroxylation sites is 1. The van der Waals surface area contributed by atoms with Crippen molar-refractivity contribution in [3.63, 3.8) is 0 Å². The molecular formula is C21H24ClN3O4S2. The zero-order chi connectivity index (χ0) is 22.5. The van der Waals surface area contributed by atoms with Gasteiger partial charge in [-0.1, -0.05) is 26.0 Å². The van der Waals surface area contributed by atoms with Crippen LogP contribution in [0.1, 0.15) is 31.7 Å². The van der Waals surface area contributed by atoms with Crippen LogP contribution in [0.2, 0.25) is 0 Å². The summed E-state index contributed by atoms with van der Waals surface area (Å²) in [5.74, 6) is 0.426. The Morgan fingerprint density at radius 3 is 2.61 bits per heavy atom. The highest BCUT2D eigenvalue weighted by atomic mass is 35.5. The van der Waals surface area contributed by atoms with E-state index >= 15 is 0 Å². The number of thioether (sulfide) groups is 1. The third-order valence-corrected chi connectivity index (χ3v) is 9.24. The predicted molar refractivity (Wildman–Crippen MR) is 123 cm³/mol. The molecule has 0 saturated heterocycles. The Morgan fingerprint density at radius 1 is 1.26 bits per heavy atom. The van der Waals surface area contributed by atoms with Crippen molar-refractivity contribution in [2.24, 2.45) is 17.0 Å². The van der Waals surface area contributed by atoms with Gasteiger partial charge in [0.15, 0.2) is 0 Å². The van der Waals surface area contributed by atoms with Gasteiger partial charge in [-0.2, -0.15) is 0 Å². The number of benzene rings is 2. The Hall–Kier alpha value is -1.81. The summed E-state index contributed by atoms with van der Waals surface area (Å²) in [5, 5.41) is 20.0. The van der Waals surface area contributed by atoms with Gasteiger partial charge in [-0.3, -0.25) is 10.1 Å². The summed E-state index contributed by atoms with van der Waals surface area (Å²) in [4.78, 5) is 11.7. The van der Waals surface area contributed by atoms with Crippen molar-refractivity contribution in [1.29, 1.82) is 0 Å². The third-order valence-electron chi connectivity index (χ3n) is 6.22. The SMILES string of the molecule is CC(C)[C@@H]1Nc2ccc(S(N)(=O)=O)cc2[C@H]2[C@H](Cl)[C@@H](Sc3ccccc3[N+](=O)[O-])C[C@H]21. The molecule has 1 aliphatic carbocycles. The zero-order valence-corrected chi connectivity index (χ0v) is 19.5. The lowest BCUT2D eigenvalue weighted by atomic mass is 9.76. The van der Waals surface area contributed by atoms with E-state index in [1.165, 1.54) is 23.9 Å². The summed E-state index contributed by atoms with van der Waals surface area (Å²) in [6.45, 7) is 4.29. The molecule has 1 saturated carbocycles. The number of fused-ring (bicyclic) bond motifs is 3. The molecule has 0 bridgehead atoms. The number of alkyl halides is 1. The third kappa shape index (κ3) is 4.16. The molecule has 0 radical (unpaired) electrons. The van der Waals surface area contributed by atoms with E-state index < -0.39 is 10.0 Å². The van der Waals surface area contributed by atoms with E-state index in [9.17, 15) is 18.5 Å². The molecule has 1 heterocycles. The highest BCUT2D eigenvalue weighted by Gasteiger charge is 2.50. The van der Waals surface area contributed by atoms with E-state index in [2.05, 4.69) is 19.2 Å². The summed E-state index contributed by atoms with van der Waals surface area (Å²) < 4.78 is 23.9. The number of nitro benzene ring substituents is 1. The molecule has 2 aromatic carbocycles. The van der Waals surface area contributed by atoms with Crippen molar-refractivity contribution < 1.29 is 13.3 Å². The van der Waals surface area contributed by atoms with E-state index in [0.29, 0.717) is 10.8 Å². The molecule has 0 spiro atoms. The van der Waals surface area contributed by atoms with Crippen molar-refractivity contribution in [2.75, 3.05) is 5.32 Å². The smallest absolute Gasteiger partial charge is 0.282 e. The minimum atomic E-state index is -3.84. The normalized spacial score (nSPS) is 27.5. The van der Waals surface area contributed by atoms with Crippen LogP contribution in [-0.4, -0.2) is 30.0 Å². The van der Waals surface area contributed by atoms with Crippen LogP contribution in [0, 0.1) is 22.0 Å². The number of sulfonamides is 1. The predicted octanol–water partition coefficient (Wildman–Crippen LogP) is 4.56. The summed E-state index contributed by atoms with van der Waals surface area (Å²) in [6.07, 6.45) is 0.768. The fraction of sp³-hybridized carbons (Fsp3) is 0.429. The largest absolute Gasteiger partial charge is 0.382 e. The number of nitro groups is 1. The van der Waals surface area contributed by atoms with Gasteiger partial charge in [0.2, 0.25) is 10.0 Å². The molecule has 1 aliphatic heterocycles. The molecule has 31 heavy (non-hydrogen) atoms. The minimum absolute atomic E-state index is 0.0510. The van der Waals surface area contributed by atoms with Crippen LogP contribution in [0.15, 0.2) is 52.3 Å². The quantitative estimate of drug-likeness (QED) is 0.367. The fourth-order valence-corrected chi connectivity index (χ4v) is 7.33. The summed E-state index contributed by atoms with van der Waals surface area (Å²) >= 11 is 8.43. The minimum Gasteiger partial charge on any atom is -0.382 e. The Bertz CT molecular complexity index is 1130. The van der Waals surface area contributed by atoms with Crippen molar-refractivity contribution in [3.8, 4) is 0 Å². The average molecular weight is 482 g/mol. The number of hydrogen-bond acceptors (Lipinski definition) is 6. The monoisotopic (exact) mass is 481 g/mol. The lowest BCUT2D eigenvalue weighted by Gasteiger charge is -2.40. The highest BCUT2D eigenvalue weighted by Crippen LogP contribution is 2.56. The number of nitrogens with two attached hydrogens (primary N) is 1. The first-order chi connectivity index (χ1) is 14.6. The topological polar surface area (TPSA) is 115 Å². The number of rotatable bonds is 5. The van der Waals surface area contributed by atoms with Gasteiger partial charge in [-0.25, -0.2) is 13.6 Å². The molecule has 4 rings (SSSR count). The van der Waals surface area contributed by atoms with Gasteiger partial charge >= 0.3 is 0 Å². The van der Waals surface area contributed by atoms with E-state index in [1.807, 2.05) is 0 Å². The Morgan fingerprint density at radius 2 is 1.97 bits per heavy atom. The van der Waals surface area contributed by atoms with Gasteiger partial charge < -0.3 is 5.32 Å². The lowest BCUT2D eigenvalue weighted by Crippen LogP contribution is -2.40. The molecule has 10 heteroatoms. The van der Waals surface area contributed by atoms with Crippen LogP contribution in [0.3, 0.4) is 0 Å². The summed E-state index contributed by atoms with van der Waals surface area (Å²) in [7, 11) is -3.84. The van der Waals surface area contributed by atoms with E-state index in [-0.39, 0.29) is 44.0 Å². The number of hydrogen-bond donors (Lipinski definition) is 2. The molecule has 7 nitrogen and oxygen atoms in total. The number of anilines is 1. The van der Waals surface area contributed by atoms with E-state index in [1.54, 1.807) is 30.3 Å². The first kappa shape index (κ1) is 22.4. The molecule has 2 aromatic rings. The average Bonchev–Trinajstić information content (AvgIpc) is 3.02. The van der Waals surface area contributed by atoms with Crippen molar-refractivity contribution in [2.45, 2.75) is 52.6 Å². The second-order valence-electron chi connectivity index (χ2n) is 8.46. The molecule has 1 fully saturated rings. The maximum atomic E-state index is 11.9. The summed E-state index contributed by atoms with van der Waals surface area (Å²) in [6, 6.07) is 11.7. The van der Waals surface area contributed by atoms with Gasteiger partial charge in [0.25, 0.3) is 5.69 Å². The lowest BCUT2D eigenvalue weighted by molar-refractivity contribution is -0.387. The van der Waals surface area contributed by atoms with Crippen LogP contribution in [0.4, 0.5) is 11.4 Å². The highest BCUT2D eigenvalue weighted by molar-refractivity contribution is 8.00. The van der Waals surface area contributed by atoms with Gasteiger partial charge in [-0.05, 0) is 48.1 Å². The molecule has 5 atom stereocenters. The molecular weight excluding hydrogens is 458 g/mol. The molecule has 166 valence electrons. The molecule has 0 amide bonds. The molecule has 3 N–H and O–H groups in total. The summed E-state index contributed by atoms with van der Waals surface area (Å²) in [5.41, 5.74) is 1.79. The van der Waals surface area contributed by atoms with E-state index in [0.717, 1.165) is 17.7 Å². The number of primary sulfonamides is 1. The van der Waals surface area contributed by atoms with Gasteiger partial charge in [-0.15, -0.1) is 23.4 Å². The first-order valence-electron chi connectivity index (χ1n) is 10.1. The van der Waals surface area contributed by atoms with Gasteiger partial charge in [0.05, 0.1) is 20.1 Å². The van der Waals surface area contributed by atoms with Crippen LogP contribution < -0.4 is 10.5 Å². The number of nitrogens with zero attached hydrogens (tertiary/aromatic N) is 1. The Labute approximate surface area is 190 Å². The Kier molecular flexibility index (Phi) is 5.97. The van der Waals surface area contributed by atoms with Crippen molar-refractivity contribution in [3.05, 3.63) is 58.1 Å². The Balaban J connectivity index is 1.73.